The van der Waals surface area contributed by atoms with Crippen LogP contribution in [0.25, 0.3) is 27.8 Å². The summed E-state index contributed by atoms with van der Waals surface area (Å²) in [5, 5.41) is 20.7. The number of aromatic amines is 1. The molecule has 1 unspecified atom stereocenters. The van der Waals surface area contributed by atoms with Crippen LogP contribution in [0, 0.1) is 16.7 Å². The molecule has 5 heterocycles. The largest absolute Gasteiger partial charge is 0.360 e. The lowest BCUT2D eigenvalue weighted by molar-refractivity contribution is -0.126. The number of thioether (sulfide) groups is 1. The number of aromatic nitrogens is 3. The number of nitrogens with one attached hydrogen (secondary N) is 2. The van der Waals surface area contributed by atoms with E-state index in [2.05, 4.69) is 21.3 Å². The van der Waals surface area contributed by atoms with Crippen molar-refractivity contribution in [3.8, 4) is 23.0 Å². The maximum atomic E-state index is 15.4. The van der Waals surface area contributed by atoms with Crippen LogP contribution in [0.15, 0.2) is 122 Å². The minimum atomic E-state index is -1.64. The Morgan fingerprint density at radius 2 is 1.66 bits per heavy atom. The molecular weight excluding hydrogens is 605 g/mol. The first-order chi connectivity index (χ1) is 23.1. The predicted octanol–water partition coefficient (Wildman–Crippen LogP) is 6.73. The van der Waals surface area contributed by atoms with E-state index in [0.717, 1.165) is 27.7 Å². The van der Waals surface area contributed by atoms with Crippen molar-refractivity contribution in [3.63, 3.8) is 0 Å². The van der Waals surface area contributed by atoms with Gasteiger partial charge >= 0.3 is 0 Å². The first-order valence-corrected chi connectivity index (χ1v) is 16.7. The van der Waals surface area contributed by atoms with E-state index in [0.29, 0.717) is 34.1 Å². The summed E-state index contributed by atoms with van der Waals surface area (Å²) in [4.78, 5) is 35.6. The average Bonchev–Trinajstić information content (AvgIpc) is 3.94. The minimum Gasteiger partial charge on any atom is -0.360 e. The third-order valence-corrected chi connectivity index (χ3v) is 11.2. The highest BCUT2D eigenvalue weighted by Crippen LogP contribution is 2.67. The van der Waals surface area contributed by atoms with Crippen LogP contribution in [0.2, 0.25) is 0 Å². The average molecular weight is 633 g/mol. The van der Waals surface area contributed by atoms with E-state index < -0.39 is 22.9 Å². The molecule has 0 saturated carbocycles. The topological polar surface area (TPSA) is 107 Å². The highest BCUT2D eigenvalue weighted by molar-refractivity contribution is 7.99. The van der Waals surface area contributed by atoms with Crippen LogP contribution in [0.3, 0.4) is 0 Å². The molecule has 2 aromatic heterocycles. The molecule has 0 aliphatic carbocycles. The molecule has 4 atom stereocenters. The molecule has 8 nitrogen and oxygen atoms in total. The third kappa shape index (κ3) is 3.65. The number of hydrogen-bond donors (Lipinski definition) is 2. The molecule has 9 rings (SSSR count). The second kappa shape index (κ2) is 10.3. The zero-order valence-electron chi connectivity index (χ0n) is 25.1. The SMILES string of the molecule is N#C[C@]1(C(=O)c2c[nH]c3ccccc23)C2CSCN2[C@]2(C(=O)Nc3ccccc32)[C@@H]1c1cn(-c2ccccc2)nc1-c1ccccc1. The number of benzene rings is 4. The number of Topliss-reactive ketones (excluding diaryl/α,β-unsaturated/α-hetero) is 1. The molecule has 2 N–H and O–H groups in total. The molecule has 1 amide bonds. The number of rotatable bonds is 5. The van der Waals surface area contributed by atoms with Crippen molar-refractivity contribution in [1.82, 2.24) is 19.7 Å². The zero-order valence-corrected chi connectivity index (χ0v) is 25.9. The lowest BCUT2D eigenvalue weighted by atomic mass is 9.60. The van der Waals surface area contributed by atoms with Gasteiger partial charge in [-0.3, -0.25) is 14.5 Å². The fourth-order valence-electron chi connectivity index (χ4n) is 8.25. The minimum absolute atomic E-state index is 0.230. The summed E-state index contributed by atoms with van der Waals surface area (Å²) in [6.07, 6.45) is 3.65. The van der Waals surface area contributed by atoms with Crippen molar-refractivity contribution >= 4 is 40.0 Å². The fourth-order valence-corrected chi connectivity index (χ4v) is 9.60. The van der Waals surface area contributed by atoms with Crippen molar-refractivity contribution < 1.29 is 9.59 Å². The van der Waals surface area contributed by atoms with Crippen LogP contribution in [-0.4, -0.2) is 49.0 Å². The van der Waals surface area contributed by atoms with E-state index in [1.54, 1.807) is 22.6 Å². The first-order valence-electron chi connectivity index (χ1n) is 15.6. The normalized spacial score (nSPS) is 24.7. The standard InChI is InChI=1S/C38H28N6O2S/c39-22-37(35(45)27-19-40-30-17-9-7-15-26(27)30)32-21-47-23-43(32)38(29-16-8-10-18-31(29)41-36(38)46)34(37)28-20-44(25-13-5-2-6-14-25)42-33(28)24-11-3-1-4-12-24/h1-20,32,34,40H,21,23H2,(H,41,46)/t32?,34-,37+,38+/m1/s1. The maximum Gasteiger partial charge on any atom is 0.250 e. The molecule has 228 valence electrons. The smallest absolute Gasteiger partial charge is 0.250 e. The summed E-state index contributed by atoms with van der Waals surface area (Å²) in [6, 6.07) is 37.0. The maximum absolute atomic E-state index is 15.4. The molecule has 3 aliphatic rings. The van der Waals surface area contributed by atoms with Crippen LogP contribution in [0.5, 0.6) is 0 Å². The Labute approximate surface area is 275 Å². The van der Waals surface area contributed by atoms with E-state index in [1.807, 2.05) is 115 Å². The van der Waals surface area contributed by atoms with Gasteiger partial charge in [-0.05, 0) is 24.3 Å². The van der Waals surface area contributed by atoms with E-state index in [-0.39, 0.29) is 11.7 Å². The van der Waals surface area contributed by atoms with Crippen molar-refractivity contribution in [1.29, 1.82) is 5.26 Å². The Balaban J connectivity index is 1.40. The van der Waals surface area contributed by atoms with Crippen LogP contribution < -0.4 is 5.32 Å². The third-order valence-electron chi connectivity index (χ3n) is 10.2. The van der Waals surface area contributed by atoms with Gasteiger partial charge < -0.3 is 10.3 Å². The van der Waals surface area contributed by atoms with Gasteiger partial charge in [0.05, 0.1) is 17.5 Å². The molecule has 47 heavy (non-hydrogen) atoms. The number of carbonyl (C=O) groups is 2. The summed E-state index contributed by atoms with van der Waals surface area (Å²) in [7, 11) is 0. The molecule has 3 aliphatic heterocycles. The number of para-hydroxylation sites is 3. The molecule has 0 radical (unpaired) electrons. The second-order valence-corrected chi connectivity index (χ2v) is 13.3. The molecule has 2 saturated heterocycles. The Bertz CT molecular complexity index is 2260. The quantitative estimate of drug-likeness (QED) is 0.204. The summed E-state index contributed by atoms with van der Waals surface area (Å²) >= 11 is 1.65. The number of fused-ring (bicyclic) bond motifs is 5. The number of ketones is 1. The van der Waals surface area contributed by atoms with Gasteiger partial charge in [0.15, 0.2) is 5.78 Å². The van der Waals surface area contributed by atoms with Crippen LogP contribution in [0.4, 0.5) is 5.69 Å². The lowest BCUT2D eigenvalue weighted by Crippen LogP contribution is -2.50. The Kier molecular flexibility index (Phi) is 6.10. The molecule has 4 aromatic carbocycles. The number of carbonyl (C=O) groups excluding carboxylic acids is 2. The predicted molar refractivity (Wildman–Crippen MR) is 182 cm³/mol. The first kappa shape index (κ1) is 27.8. The van der Waals surface area contributed by atoms with Gasteiger partial charge in [-0.15, -0.1) is 11.8 Å². The molecule has 9 heteroatoms. The molecule has 6 aromatic rings. The van der Waals surface area contributed by atoms with Crippen molar-refractivity contribution in [2.24, 2.45) is 5.41 Å². The Morgan fingerprint density at radius 1 is 0.936 bits per heavy atom. The molecule has 1 spiro atoms. The summed E-state index contributed by atoms with van der Waals surface area (Å²) in [5.41, 5.74) is 2.75. The Morgan fingerprint density at radius 3 is 2.47 bits per heavy atom. The number of nitrogens with zero attached hydrogens (tertiary/aromatic N) is 4. The van der Waals surface area contributed by atoms with Gasteiger partial charge in [-0.1, -0.05) is 84.9 Å². The van der Waals surface area contributed by atoms with Crippen LogP contribution in [0.1, 0.15) is 27.4 Å². The van der Waals surface area contributed by atoms with Gasteiger partial charge in [-0.25, -0.2) is 4.68 Å². The Hall–Kier alpha value is -5.43. The highest BCUT2D eigenvalue weighted by atomic mass is 32.2. The number of amides is 1. The number of nitriles is 1. The van der Waals surface area contributed by atoms with Gasteiger partial charge in [0.1, 0.15) is 11.0 Å². The number of anilines is 1. The highest BCUT2D eigenvalue weighted by Gasteiger charge is 2.76. The van der Waals surface area contributed by atoms with Crippen LogP contribution >= 0.6 is 11.8 Å². The van der Waals surface area contributed by atoms with Gasteiger partial charge in [-0.2, -0.15) is 10.4 Å². The van der Waals surface area contributed by atoms with E-state index in [9.17, 15) is 10.1 Å². The van der Waals surface area contributed by atoms with Crippen molar-refractivity contribution in [2.75, 3.05) is 16.9 Å². The monoisotopic (exact) mass is 632 g/mol. The fraction of sp³-hybridized carbons (Fsp3) is 0.158. The molecular formula is C38H28N6O2S. The number of H-pyrrole nitrogens is 1. The second-order valence-electron chi connectivity index (χ2n) is 12.3. The van der Waals surface area contributed by atoms with E-state index >= 15 is 4.79 Å². The number of hydrogen-bond acceptors (Lipinski definition) is 6. The van der Waals surface area contributed by atoms with Gasteiger partial charge in [0.2, 0.25) is 5.91 Å². The van der Waals surface area contributed by atoms with E-state index in [1.165, 1.54) is 0 Å². The summed E-state index contributed by atoms with van der Waals surface area (Å²) in [6.45, 7) is 0. The van der Waals surface area contributed by atoms with Crippen molar-refractivity contribution in [3.05, 3.63) is 138 Å². The van der Waals surface area contributed by atoms with Crippen LogP contribution in [-0.2, 0) is 10.3 Å². The van der Waals surface area contributed by atoms with E-state index in [4.69, 9.17) is 5.10 Å². The summed E-state index contributed by atoms with van der Waals surface area (Å²) < 4.78 is 1.81. The van der Waals surface area contributed by atoms with Crippen molar-refractivity contribution in [2.45, 2.75) is 17.5 Å². The molecule has 2 fully saturated rings. The molecule has 0 bridgehead atoms. The lowest BCUT2D eigenvalue weighted by Gasteiger charge is -2.38. The summed E-state index contributed by atoms with van der Waals surface area (Å²) in [5.74, 6) is -0.389. The van der Waals surface area contributed by atoms with Gasteiger partial charge in [0.25, 0.3) is 0 Å². The van der Waals surface area contributed by atoms with Gasteiger partial charge in [0, 0.05) is 74.8 Å². The zero-order chi connectivity index (χ0) is 31.8.